The predicted octanol–water partition coefficient (Wildman–Crippen LogP) is 2.03. The van der Waals surface area contributed by atoms with Crippen LogP contribution in [0, 0.1) is 0 Å². The van der Waals surface area contributed by atoms with Crippen LogP contribution in [0.1, 0.15) is 15.9 Å². The third-order valence-corrected chi connectivity index (χ3v) is 3.50. The molecule has 28 heavy (non-hydrogen) atoms. The average molecular weight is 407 g/mol. The Balaban J connectivity index is 2.11. The minimum Gasteiger partial charge on any atom is -0.479 e. The number of halogens is 1. The summed E-state index contributed by atoms with van der Waals surface area (Å²) in [7, 11) is 0. The van der Waals surface area contributed by atoms with Gasteiger partial charge in [0, 0.05) is 0 Å². The number of carboxylic acids is 2. The van der Waals surface area contributed by atoms with Gasteiger partial charge < -0.3 is 19.7 Å². The largest absolute Gasteiger partial charge is 0.479 e. The standard InChI is InChI=1S/C18H15ClN2O7/c19-13-4-2-1-3-12(13)18(26)21-20-8-11-5-6-14(27-9-16(22)23)15(7-11)28-10-17(24)25/h1-8H,9-10H2,(H,21,26)(H,22,23)(H,24,25). The first-order valence-electron chi connectivity index (χ1n) is 7.78. The zero-order chi connectivity index (χ0) is 20.5. The number of nitrogens with zero attached hydrogens (tertiary/aromatic N) is 1. The molecule has 0 unspecified atom stereocenters. The van der Waals surface area contributed by atoms with Crippen molar-refractivity contribution < 1.29 is 34.1 Å². The van der Waals surface area contributed by atoms with Gasteiger partial charge in [0.05, 0.1) is 16.8 Å². The molecule has 0 bridgehead atoms. The van der Waals surface area contributed by atoms with Crippen LogP contribution in [0.3, 0.4) is 0 Å². The van der Waals surface area contributed by atoms with Crippen LogP contribution in [0.2, 0.25) is 5.02 Å². The van der Waals surface area contributed by atoms with Gasteiger partial charge in [-0.25, -0.2) is 15.0 Å². The van der Waals surface area contributed by atoms with Crippen LogP contribution < -0.4 is 14.9 Å². The van der Waals surface area contributed by atoms with E-state index in [0.29, 0.717) is 5.56 Å². The number of ether oxygens (including phenoxy) is 2. The Hall–Kier alpha value is -3.59. The molecule has 0 fully saturated rings. The first-order chi connectivity index (χ1) is 13.4. The normalized spacial score (nSPS) is 10.5. The van der Waals surface area contributed by atoms with Crippen LogP contribution in [0.15, 0.2) is 47.6 Å². The molecule has 146 valence electrons. The summed E-state index contributed by atoms with van der Waals surface area (Å²) in [5, 5.41) is 21.5. The molecule has 2 aromatic carbocycles. The fraction of sp³-hybridized carbons (Fsp3) is 0.111. The van der Waals surface area contributed by atoms with E-state index in [1.54, 1.807) is 24.3 Å². The zero-order valence-corrected chi connectivity index (χ0v) is 15.0. The molecule has 0 atom stereocenters. The number of hydrogen-bond donors (Lipinski definition) is 3. The highest BCUT2D eigenvalue weighted by atomic mass is 35.5. The van der Waals surface area contributed by atoms with E-state index >= 15 is 0 Å². The lowest BCUT2D eigenvalue weighted by Gasteiger charge is -2.11. The summed E-state index contributed by atoms with van der Waals surface area (Å²) in [5.41, 5.74) is 3.02. The molecule has 0 heterocycles. The monoisotopic (exact) mass is 406 g/mol. The van der Waals surface area contributed by atoms with Crippen molar-refractivity contribution in [2.75, 3.05) is 13.2 Å². The smallest absolute Gasteiger partial charge is 0.341 e. The van der Waals surface area contributed by atoms with Gasteiger partial charge in [0.2, 0.25) is 0 Å². The highest BCUT2D eigenvalue weighted by molar-refractivity contribution is 6.33. The second-order valence-corrected chi connectivity index (χ2v) is 5.66. The molecule has 0 saturated heterocycles. The minimum absolute atomic E-state index is 0.0185. The number of nitrogens with one attached hydrogen (secondary N) is 1. The number of benzene rings is 2. The Kier molecular flexibility index (Phi) is 7.35. The van der Waals surface area contributed by atoms with Gasteiger partial charge in [-0.2, -0.15) is 5.10 Å². The molecule has 2 rings (SSSR count). The van der Waals surface area contributed by atoms with Gasteiger partial charge in [0.25, 0.3) is 5.91 Å². The van der Waals surface area contributed by atoms with E-state index in [2.05, 4.69) is 10.5 Å². The van der Waals surface area contributed by atoms with E-state index < -0.39 is 31.1 Å². The van der Waals surface area contributed by atoms with Gasteiger partial charge in [-0.05, 0) is 35.9 Å². The summed E-state index contributed by atoms with van der Waals surface area (Å²) in [6.07, 6.45) is 1.29. The summed E-state index contributed by atoms with van der Waals surface area (Å²) in [6, 6.07) is 10.8. The molecule has 2 aromatic rings. The lowest BCUT2D eigenvalue weighted by molar-refractivity contribution is -0.140. The number of hydrogen-bond acceptors (Lipinski definition) is 6. The quantitative estimate of drug-likeness (QED) is 0.428. The number of rotatable bonds is 9. The van der Waals surface area contributed by atoms with Gasteiger partial charge in [0.1, 0.15) is 0 Å². The Bertz CT molecular complexity index is 915. The Morgan fingerprint density at radius 3 is 2.29 bits per heavy atom. The van der Waals surface area contributed by atoms with E-state index in [9.17, 15) is 14.4 Å². The van der Waals surface area contributed by atoms with Crippen molar-refractivity contribution in [3.8, 4) is 11.5 Å². The maximum Gasteiger partial charge on any atom is 0.341 e. The number of aliphatic carboxylic acids is 2. The molecule has 1 amide bonds. The lowest BCUT2D eigenvalue weighted by atomic mass is 10.2. The summed E-state index contributed by atoms with van der Waals surface area (Å²) < 4.78 is 10.2. The molecule has 0 aliphatic carbocycles. The number of hydrazone groups is 1. The maximum absolute atomic E-state index is 12.0. The Labute approximate surface area is 164 Å². The van der Waals surface area contributed by atoms with E-state index in [0.717, 1.165) is 0 Å². The van der Waals surface area contributed by atoms with Crippen LogP contribution >= 0.6 is 11.6 Å². The Morgan fingerprint density at radius 1 is 1.00 bits per heavy atom. The van der Waals surface area contributed by atoms with E-state index in [1.807, 2.05) is 0 Å². The fourth-order valence-electron chi connectivity index (χ4n) is 1.99. The molecule has 10 heteroatoms. The maximum atomic E-state index is 12.0. The first-order valence-corrected chi connectivity index (χ1v) is 8.16. The number of carbonyl (C=O) groups excluding carboxylic acids is 1. The highest BCUT2D eigenvalue weighted by Crippen LogP contribution is 2.28. The third kappa shape index (κ3) is 6.29. The molecule has 0 radical (unpaired) electrons. The van der Waals surface area contributed by atoms with Gasteiger partial charge in [0.15, 0.2) is 24.7 Å². The first kappa shape index (κ1) is 20.7. The topological polar surface area (TPSA) is 135 Å². The van der Waals surface area contributed by atoms with Crippen molar-refractivity contribution in [2.24, 2.45) is 5.10 Å². The van der Waals surface area contributed by atoms with Gasteiger partial charge >= 0.3 is 11.9 Å². The SMILES string of the molecule is O=C(O)COc1ccc(C=NNC(=O)c2ccccc2Cl)cc1OCC(=O)O. The molecule has 0 aliphatic heterocycles. The fourth-order valence-corrected chi connectivity index (χ4v) is 2.21. The number of carbonyl (C=O) groups is 3. The molecule has 0 aromatic heterocycles. The summed E-state index contributed by atoms with van der Waals surface area (Å²) in [6.45, 7) is -1.27. The molecular formula is C18H15ClN2O7. The van der Waals surface area contributed by atoms with E-state index in [1.165, 1.54) is 24.4 Å². The molecule has 0 spiro atoms. The summed E-state index contributed by atoms with van der Waals surface area (Å²) in [4.78, 5) is 33.4. The van der Waals surface area contributed by atoms with Crippen molar-refractivity contribution in [1.29, 1.82) is 0 Å². The van der Waals surface area contributed by atoms with Gasteiger partial charge in [-0.1, -0.05) is 23.7 Å². The second-order valence-electron chi connectivity index (χ2n) is 5.25. The molecule has 0 aliphatic rings. The van der Waals surface area contributed by atoms with Gasteiger partial charge in [-0.3, -0.25) is 4.79 Å². The third-order valence-electron chi connectivity index (χ3n) is 3.17. The van der Waals surface area contributed by atoms with E-state index in [4.69, 9.17) is 31.3 Å². The van der Waals surface area contributed by atoms with Crippen LogP contribution in [-0.2, 0) is 9.59 Å². The second kappa shape index (κ2) is 9.93. The Morgan fingerprint density at radius 2 is 1.64 bits per heavy atom. The molecule has 9 nitrogen and oxygen atoms in total. The minimum atomic E-state index is -1.21. The molecular weight excluding hydrogens is 392 g/mol. The van der Waals surface area contributed by atoms with Crippen LogP contribution in [0.4, 0.5) is 0 Å². The van der Waals surface area contributed by atoms with Crippen LogP contribution in [0.5, 0.6) is 11.5 Å². The summed E-state index contributed by atoms with van der Waals surface area (Å²) in [5.74, 6) is -2.84. The molecule has 3 N–H and O–H groups in total. The van der Waals surface area contributed by atoms with Crippen molar-refractivity contribution in [3.63, 3.8) is 0 Å². The lowest BCUT2D eigenvalue weighted by Crippen LogP contribution is -2.18. The van der Waals surface area contributed by atoms with Crippen molar-refractivity contribution in [1.82, 2.24) is 5.43 Å². The average Bonchev–Trinajstić information content (AvgIpc) is 2.65. The van der Waals surface area contributed by atoms with Crippen molar-refractivity contribution in [3.05, 3.63) is 58.6 Å². The van der Waals surface area contributed by atoms with Crippen molar-refractivity contribution in [2.45, 2.75) is 0 Å². The van der Waals surface area contributed by atoms with Gasteiger partial charge in [-0.15, -0.1) is 0 Å². The van der Waals surface area contributed by atoms with Crippen LogP contribution in [0.25, 0.3) is 0 Å². The number of amides is 1. The van der Waals surface area contributed by atoms with E-state index in [-0.39, 0.29) is 22.1 Å². The predicted molar refractivity (Wildman–Crippen MR) is 99.2 cm³/mol. The van der Waals surface area contributed by atoms with Crippen molar-refractivity contribution >= 4 is 35.7 Å². The van der Waals surface area contributed by atoms with Crippen LogP contribution in [-0.4, -0.2) is 47.5 Å². The molecule has 0 saturated carbocycles. The highest BCUT2D eigenvalue weighted by Gasteiger charge is 2.11. The summed E-state index contributed by atoms with van der Waals surface area (Å²) >= 11 is 5.93. The zero-order valence-electron chi connectivity index (χ0n) is 14.3. The number of carboxylic acid groups (broad SMARTS) is 2.